The molecule has 88 valence electrons. The van der Waals surface area contributed by atoms with E-state index in [1.807, 2.05) is 18.7 Å². The number of urea groups is 1. The van der Waals surface area contributed by atoms with Crippen LogP contribution in [0.1, 0.15) is 40.0 Å². The highest BCUT2D eigenvalue weighted by Crippen LogP contribution is 2.21. The Balaban J connectivity index is 2.57. The van der Waals surface area contributed by atoms with Crippen LogP contribution in [0.15, 0.2) is 0 Å². The lowest BCUT2D eigenvalue weighted by Crippen LogP contribution is -2.56. The Kier molecular flexibility index (Phi) is 3.97. The molecule has 0 atom stereocenters. The number of nitrogens with two attached hydrogens (primary N) is 1. The highest BCUT2D eigenvalue weighted by Gasteiger charge is 2.32. The summed E-state index contributed by atoms with van der Waals surface area (Å²) in [7, 11) is 0. The molecule has 0 saturated heterocycles. The van der Waals surface area contributed by atoms with Crippen molar-refractivity contribution in [3.63, 3.8) is 0 Å². The van der Waals surface area contributed by atoms with Gasteiger partial charge in [-0.3, -0.25) is 0 Å². The summed E-state index contributed by atoms with van der Waals surface area (Å²) in [5.41, 5.74) is 5.45. The van der Waals surface area contributed by atoms with Crippen LogP contribution in [0, 0.1) is 0 Å². The van der Waals surface area contributed by atoms with Crippen molar-refractivity contribution in [2.75, 3.05) is 13.1 Å². The van der Waals surface area contributed by atoms with E-state index in [0.717, 1.165) is 25.8 Å². The van der Waals surface area contributed by atoms with Crippen LogP contribution >= 0.6 is 0 Å². The smallest absolute Gasteiger partial charge is 0.318 e. The van der Waals surface area contributed by atoms with Gasteiger partial charge in [0.05, 0.1) is 5.54 Å². The summed E-state index contributed by atoms with van der Waals surface area (Å²) in [5, 5.41) is 3.01. The van der Waals surface area contributed by atoms with Gasteiger partial charge in [0.25, 0.3) is 0 Å². The second-order valence-corrected chi connectivity index (χ2v) is 4.89. The van der Waals surface area contributed by atoms with Crippen molar-refractivity contribution < 1.29 is 4.79 Å². The van der Waals surface area contributed by atoms with E-state index in [9.17, 15) is 4.79 Å². The van der Waals surface area contributed by atoms with Crippen molar-refractivity contribution in [3.05, 3.63) is 0 Å². The molecule has 0 aromatic carbocycles. The first kappa shape index (κ1) is 12.3. The monoisotopic (exact) mass is 213 g/mol. The number of rotatable bonds is 5. The molecule has 1 aliphatic carbocycles. The largest absolute Gasteiger partial charge is 0.335 e. The molecule has 1 aliphatic rings. The Bertz CT molecular complexity index is 224. The maximum absolute atomic E-state index is 11.9. The lowest BCUT2D eigenvalue weighted by molar-refractivity contribution is 0.138. The molecular formula is C11H23N3O. The molecule has 15 heavy (non-hydrogen) atoms. The molecule has 0 unspecified atom stereocenters. The second-order valence-electron chi connectivity index (χ2n) is 4.89. The Morgan fingerprint density at radius 3 is 2.53 bits per heavy atom. The highest BCUT2D eigenvalue weighted by molar-refractivity contribution is 5.75. The van der Waals surface area contributed by atoms with E-state index in [1.165, 1.54) is 0 Å². The Labute approximate surface area is 92.2 Å². The fourth-order valence-corrected chi connectivity index (χ4v) is 1.49. The highest BCUT2D eigenvalue weighted by atomic mass is 16.2. The maximum Gasteiger partial charge on any atom is 0.318 e. The summed E-state index contributed by atoms with van der Waals surface area (Å²) in [6.07, 6.45) is 3.20. The van der Waals surface area contributed by atoms with Gasteiger partial charge in [-0.1, -0.05) is 6.92 Å². The van der Waals surface area contributed by atoms with Gasteiger partial charge in [-0.2, -0.15) is 0 Å². The first-order valence-corrected chi connectivity index (χ1v) is 5.79. The number of nitrogens with one attached hydrogen (secondary N) is 1. The summed E-state index contributed by atoms with van der Waals surface area (Å²) in [6.45, 7) is 7.35. The number of nitrogens with zero attached hydrogens (tertiary/aromatic N) is 1. The zero-order valence-electron chi connectivity index (χ0n) is 10.0. The van der Waals surface area contributed by atoms with E-state index in [0.29, 0.717) is 12.6 Å². The number of hydrogen-bond donors (Lipinski definition) is 2. The first-order chi connectivity index (χ1) is 7.01. The first-order valence-electron chi connectivity index (χ1n) is 5.79. The molecule has 0 aromatic heterocycles. The lowest BCUT2D eigenvalue weighted by Gasteiger charge is -2.37. The standard InChI is InChI=1S/C11H23N3O/c1-4-7-14(11(2,3)8-12)10(15)13-9-5-6-9/h9H,4-8,12H2,1-3H3,(H,13,15). The topological polar surface area (TPSA) is 58.4 Å². The lowest BCUT2D eigenvalue weighted by atomic mass is 10.0. The number of carbonyl (C=O) groups excluding carboxylic acids is 1. The van der Waals surface area contributed by atoms with Crippen LogP contribution in [0.4, 0.5) is 4.79 Å². The summed E-state index contributed by atoms with van der Waals surface area (Å²) in [6, 6.07) is 0.445. The predicted octanol–water partition coefficient (Wildman–Crippen LogP) is 1.31. The fraction of sp³-hybridized carbons (Fsp3) is 0.909. The molecule has 0 heterocycles. The third kappa shape index (κ3) is 3.38. The third-order valence-corrected chi connectivity index (χ3v) is 2.83. The van der Waals surface area contributed by atoms with Gasteiger partial charge in [-0.15, -0.1) is 0 Å². The molecule has 4 nitrogen and oxygen atoms in total. The average Bonchev–Trinajstić information content (AvgIpc) is 2.97. The van der Waals surface area contributed by atoms with Gasteiger partial charge < -0.3 is 16.0 Å². The van der Waals surface area contributed by atoms with Crippen LogP contribution < -0.4 is 11.1 Å². The molecule has 1 fully saturated rings. The van der Waals surface area contributed by atoms with E-state index in [-0.39, 0.29) is 11.6 Å². The van der Waals surface area contributed by atoms with Crippen molar-refractivity contribution in [2.24, 2.45) is 5.73 Å². The number of carbonyl (C=O) groups is 1. The van der Waals surface area contributed by atoms with Crippen LogP contribution in [-0.2, 0) is 0 Å². The quantitative estimate of drug-likeness (QED) is 0.723. The van der Waals surface area contributed by atoms with Crippen molar-refractivity contribution >= 4 is 6.03 Å². The van der Waals surface area contributed by atoms with E-state index >= 15 is 0 Å². The zero-order valence-corrected chi connectivity index (χ0v) is 10.0. The van der Waals surface area contributed by atoms with E-state index in [4.69, 9.17) is 5.73 Å². The molecule has 1 saturated carbocycles. The van der Waals surface area contributed by atoms with Gasteiger partial charge >= 0.3 is 6.03 Å². The van der Waals surface area contributed by atoms with Crippen LogP contribution in [0.25, 0.3) is 0 Å². The van der Waals surface area contributed by atoms with Gasteiger partial charge in [0.2, 0.25) is 0 Å². The molecule has 2 amide bonds. The molecule has 0 radical (unpaired) electrons. The van der Waals surface area contributed by atoms with Crippen molar-refractivity contribution in [1.82, 2.24) is 10.2 Å². The molecule has 0 aliphatic heterocycles. The molecule has 3 N–H and O–H groups in total. The summed E-state index contributed by atoms with van der Waals surface area (Å²) in [4.78, 5) is 13.8. The minimum atomic E-state index is -0.255. The van der Waals surface area contributed by atoms with Crippen LogP contribution in [0.2, 0.25) is 0 Å². The van der Waals surface area contributed by atoms with Crippen molar-refractivity contribution in [3.8, 4) is 0 Å². The molecule has 0 bridgehead atoms. The molecule has 0 aromatic rings. The van der Waals surface area contributed by atoms with Gasteiger partial charge in [0, 0.05) is 19.1 Å². The van der Waals surface area contributed by atoms with E-state index in [2.05, 4.69) is 12.2 Å². The van der Waals surface area contributed by atoms with Crippen molar-refractivity contribution in [1.29, 1.82) is 0 Å². The van der Waals surface area contributed by atoms with E-state index in [1.54, 1.807) is 0 Å². The van der Waals surface area contributed by atoms with Crippen LogP contribution in [0.3, 0.4) is 0 Å². The molecule has 4 heteroatoms. The average molecular weight is 213 g/mol. The molecule has 0 spiro atoms. The van der Waals surface area contributed by atoms with Gasteiger partial charge in [0.15, 0.2) is 0 Å². The fourth-order valence-electron chi connectivity index (χ4n) is 1.49. The number of amides is 2. The van der Waals surface area contributed by atoms with Crippen LogP contribution in [-0.4, -0.2) is 35.6 Å². The Morgan fingerprint density at radius 1 is 1.53 bits per heavy atom. The zero-order chi connectivity index (χ0) is 11.5. The summed E-state index contributed by atoms with van der Waals surface area (Å²) in [5.74, 6) is 0. The second kappa shape index (κ2) is 4.84. The van der Waals surface area contributed by atoms with Gasteiger partial charge in [-0.05, 0) is 33.1 Å². The predicted molar refractivity (Wildman–Crippen MR) is 61.7 cm³/mol. The maximum atomic E-state index is 11.9. The third-order valence-electron chi connectivity index (χ3n) is 2.83. The van der Waals surface area contributed by atoms with Crippen molar-refractivity contribution in [2.45, 2.75) is 51.6 Å². The molecule has 1 rings (SSSR count). The number of hydrogen-bond acceptors (Lipinski definition) is 2. The minimum absolute atomic E-state index is 0.0369. The SMILES string of the molecule is CCCN(C(=O)NC1CC1)C(C)(C)CN. The normalized spacial score (nSPS) is 16.3. The Hall–Kier alpha value is -0.770. The molecular weight excluding hydrogens is 190 g/mol. The van der Waals surface area contributed by atoms with Crippen LogP contribution in [0.5, 0.6) is 0 Å². The van der Waals surface area contributed by atoms with Gasteiger partial charge in [-0.25, -0.2) is 4.79 Å². The minimum Gasteiger partial charge on any atom is -0.335 e. The summed E-state index contributed by atoms with van der Waals surface area (Å²) < 4.78 is 0. The Morgan fingerprint density at radius 2 is 2.13 bits per heavy atom. The van der Waals surface area contributed by atoms with Gasteiger partial charge in [0.1, 0.15) is 0 Å². The van der Waals surface area contributed by atoms with E-state index < -0.39 is 0 Å². The summed E-state index contributed by atoms with van der Waals surface area (Å²) >= 11 is 0.